The third-order valence-electron chi connectivity index (χ3n) is 6.54. The van der Waals surface area contributed by atoms with E-state index in [1.807, 2.05) is 55.1 Å². The highest BCUT2D eigenvalue weighted by molar-refractivity contribution is 9.10. The maximum absolute atomic E-state index is 13.4. The van der Waals surface area contributed by atoms with Gasteiger partial charge in [0.2, 0.25) is 5.91 Å². The van der Waals surface area contributed by atoms with Gasteiger partial charge in [-0.05, 0) is 49.1 Å². The maximum Gasteiger partial charge on any atom is 0.407 e. The van der Waals surface area contributed by atoms with E-state index in [4.69, 9.17) is 14.7 Å². The van der Waals surface area contributed by atoms with Gasteiger partial charge in [0.05, 0.1) is 47.1 Å². The van der Waals surface area contributed by atoms with Crippen LogP contribution in [-0.2, 0) is 9.53 Å². The van der Waals surface area contributed by atoms with Crippen molar-refractivity contribution in [2.45, 2.75) is 38.8 Å². The number of likely N-dealkylation sites (tertiary alicyclic amines) is 1. The van der Waals surface area contributed by atoms with Crippen molar-refractivity contribution in [3.63, 3.8) is 0 Å². The molecule has 0 spiro atoms. The molecule has 1 fully saturated rings. The van der Waals surface area contributed by atoms with E-state index in [2.05, 4.69) is 31.2 Å². The van der Waals surface area contributed by atoms with Crippen molar-refractivity contribution in [2.24, 2.45) is 5.92 Å². The van der Waals surface area contributed by atoms with Crippen molar-refractivity contribution >= 4 is 50.0 Å². The summed E-state index contributed by atoms with van der Waals surface area (Å²) in [7, 11) is 1.29. The highest BCUT2D eigenvalue weighted by Gasteiger charge is 2.37. The van der Waals surface area contributed by atoms with Crippen molar-refractivity contribution in [3.05, 3.63) is 52.9 Å². The molecule has 1 saturated heterocycles. The standard InChI is InChI=1S/C26H27BrN6O3/c1-14(2)23(32-26(35)36-3)25(34)33-10-4-5-22(33)24-30-18-8-6-15(11-20(18)31-24)21-13-28-19-12-16(27)7-9-17(19)29-21/h6-9,11-14,22-23H,4-5,10H2,1-3H3,(H,30,31)(H,32,35)/t22-,23-/m0/s1. The lowest BCUT2D eigenvalue weighted by atomic mass is 10.0. The van der Waals surface area contributed by atoms with Gasteiger partial charge < -0.3 is 19.9 Å². The summed E-state index contributed by atoms with van der Waals surface area (Å²) >= 11 is 3.47. The lowest BCUT2D eigenvalue weighted by molar-refractivity contribution is -0.135. The number of hydrogen-bond acceptors (Lipinski definition) is 6. The molecule has 2 N–H and O–H groups in total. The fraction of sp³-hybridized carbons (Fsp3) is 0.346. The first kappa shape index (κ1) is 24.2. The molecular weight excluding hydrogens is 524 g/mol. The quantitative estimate of drug-likeness (QED) is 0.362. The highest BCUT2D eigenvalue weighted by atomic mass is 79.9. The van der Waals surface area contributed by atoms with Gasteiger partial charge in [0.1, 0.15) is 11.9 Å². The Hall–Kier alpha value is -3.53. The zero-order valence-corrected chi connectivity index (χ0v) is 21.9. The molecule has 1 aliphatic rings. The molecule has 0 radical (unpaired) electrons. The summed E-state index contributed by atoms with van der Waals surface area (Å²) < 4.78 is 5.68. The van der Waals surface area contributed by atoms with Crippen LogP contribution in [0.4, 0.5) is 4.79 Å². The van der Waals surface area contributed by atoms with Gasteiger partial charge in [0.15, 0.2) is 0 Å². The molecule has 9 nitrogen and oxygen atoms in total. The van der Waals surface area contributed by atoms with E-state index in [0.29, 0.717) is 6.54 Å². The maximum atomic E-state index is 13.4. The van der Waals surface area contributed by atoms with Gasteiger partial charge in [-0.1, -0.05) is 35.8 Å². The summed E-state index contributed by atoms with van der Waals surface area (Å²) in [4.78, 5) is 44.6. The number of hydrogen-bond donors (Lipinski definition) is 2. The lowest BCUT2D eigenvalue weighted by Crippen LogP contribution is -2.51. The van der Waals surface area contributed by atoms with Crippen molar-refractivity contribution < 1.29 is 14.3 Å². The molecule has 2 aromatic carbocycles. The molecule has 0 saturated carbocycles. The number of H-pyrrole nitrogens is 1. The van der Waals surface area contributed by atoms with Crippen LogP contribution in [0.15, 0.2) is 47.1 Å². The van der Waals surface area contributed by atoms with Crippen molar-refractivity contribution in [1.29, 1.82) is 0 Å². The van der Waals surface area contributed by atoms with Crippen LogP contribution in [0.5, 0.6) is 0 Å². The van der Waals surface area contributed by atoms with Crippen molar-refractivity contribution in [3.8, 4) is 11.3 Å². The molecule has 1 aliphatic heterocycles. The van der Waals surface area contributed by atoms with Crippen molar-refractivity contribution in [1.82, 2.24) is 30.2 Å². The molecular formula is C26H27BrN6O3. The van der Waals surface area contributed by atoms with E-state index >= 15 is 0 Å². The molecule has 3 heterocycles. The molecule has 0 unspecified atom stereocenters. The second kappa shape index (κ2) is 9.85. The van der Waals surface area contributed by atoms with Gasteiger partial charge in [-0.15, -0.1) is 0 Å². The van der Waals surface area contributed by atoms with Crippen molar-refractivity contribution in [2.75, 3.05) is 13.7 Å². The monoisotopic (exact) mass is 550 g/mol. The Morgan fingerprint density at radius 2 is 1.94 bits per heavy atom. The number of carbonyl (C=O) groups excluding carboxylic acids is 2. The number of nitrogens with zero attached hydrogens (tertiary/aromatic N) is 4. The summed E-state index contributed by atoms with van der Waals surface area (Å²) in [5.74, 6) is 0.528. The number of amides is 2. The molecule has 36 heavy (non-hydrogen) atoms. The number of alkyl carbamates (subject to hydrolysis) is 1. The van der Waals surface area contributed by atoms with E-state index in [1.165, 1.54) is 7.11 Å². The van der Waals surface area contributed by atoms with Crippen LogP contribution in [0.25, 0.3) is 33.3 Å². The Kier molecular flexibility index (Phi) is 6.61. The van der Waals surface area contributed by atoms with Crippen LogP contribution < -0.4 is 5.32 Å². The molecule has 0 aliphatic carbocycles. The summed E-state index contributed by atoms with van der Waals surface area (Å²) in [6.07, 6.45) is 2.82. The molecule has 0 bridgehead atoms. The number of nitrogens with one attached hydrogen (secondary N) is 2. The van der Waals surface area contributed by atoms with Crippen LogP contribution in [0.1, 0.15) is 38.6 Å². The number of ether oxygens (including phenoxy) is 1. The smallest absolute Gasteiger partial charge is 0.407 e. The van der Waals surface area contributed by atoms with Gasteiger partial charge in [-0.25, -0.2) is 14.8 Å². The Bertz CT molecular complexity index is 1450. The van der Waals surface area contributed by atoms with Crippen LogP contribution in [-0.4, -0.2) is 56.5 Å². The number of methoxy groups -OCH3 is 1. The first-order valence-electron chi connectivity index (χ1n) is 11.9. The molecule has 2 amide bonds. The Labute approximate surface area is 216 Å². The lowest BCUT2D eigenvalue weighted by Gasteiger charge is -2.29. The number of rotatable bonds is 5. The summed E-state index contributed by atoms with van der Waals surface area (Å²) in [5.41, 5.74) is 5.03. The Morgan fingerprint density at radius 3 is 2.72 bits per heavy atom. The third kappa shape index (κ3) is 4.65. The third-order valence-corrected chi connectivity index (χ3v) is 7.04. The fourth-order valence-corrected chi connectivity index (χ4v) is 5.01. The first-order chi connectivity index (χ1) is 17.3. The summed E-state index contributed by atoms with van der Waals surface area (Å²) in [5, 5.41) is 2.68. The molecule has 2 atom stereocenters. The predicted molar refractivity (Wildman–Crippen MR) is 140 cm³/mol. The number of aromatic amines is 1. The van der Waals surface area contributed by atoms with Crippen LogP contribution in [0.2, 0.25) is 0 Å². The largest absolute Gasteiger partial charge is 0.453 e. The van der Waals surface area contributed by atoms with Crippen LogP contribution >= 0.6 is 15.9 Å². The molecule has 4 aromatic rings. The molecule has 10 heteroatoms. The molecule has 2 aromatic heterocycles. The van der Waals surface area contributed by atoms with E-state index in [-0.39, 0.29) is 17.9 Å². The molecule has 186 valence electrons. The normalized spacial score (nSPS) is 16.6. The van der Waals surface area contributed by atoms with E-state index in [1.54, 1.807) is 6.20 Å². The highest BCUT2D eigenvalue weighted by Crippen LogP contribution is 2.33. The van der Waals surface area contributed by atoms with Gasteiger partial charge in [0, 0.05) is 16.6 Å². The van der Waals surface area contributed by atoms with Gasteiger partial charge >= 0.3 is 6.09 Å². The van der Waals surface area contributed by atoms with Gasteiger partial charge in [-0.3, -0.25) is 9.78 Å². The fourth-order valence-electron chi connectivity index (χ4n) is 4.66. The van der Waals surface area contributed by atoms with Gasteiger partial charge in [-0.2, -0.15) is 0 Å². The Morgan fingerprint density at radius 1 is 1.14 bits per heavy atom. The van der Waals surface area contributed by atoms with E-state index in [0.717, 1.165) is 56.5 Å². The van der Waals surface area contributed by atoms with Gasteiger partial charge in [0.25, 0.3) is 0 Å². The second-order valence-corrected chi connectivity index (χ2v) is 10.2. The average molecular weight is 551 g/mol. The minimum Gasteiger partial charge on any atom is -0.453 e. The predicted octanol–water partition coefficient (Wildman–Crippen LogP) is 4.98. The zero-order valence-electron chi connectivity index (χ0n) is 20.3. The van der Waals surface area contributed by atoms with Crippen LogP contribution in [0.3, 0.4) is 0 Å². The van der Waals surface area contributed by atoms with E-state index < -0.39 is 12.1 Å². The van der Waals surface area contributed by atoms with E-state index in [9.17, 15) is 9.59 Å². The first-order valence-corrected chi connectivity index (χ1v) is 12.7. The summed E-state index contributed by atoms with van der Waals surface area (Å²) in [6, 6.07) is 10.9. The average Bonchev–Trinajstić information content (AvgIpc) is 3.52. The zero-order chi connectivity index (χ0) is 25.4. The number of fused-ring (bicyclic) bond motifs is 2. The minimum absolute atomic E-state index is 0.0831. The van der Waals surface area contributed by atoms with Crippen LogP contribution in [0, 0.1) is 5.92 Å². The minimum atomic E-state index is -0.666. The number of benzene rings is 2. The second-order valence-electron chi connectivity index (χ2n) is 9.29. The number of carbonyl (C=O) groups is 2. The Balaban J connectivity index is 1.43. The summed E-state index contributed by atoms with van der Waals surface area (Å²) in [6.45, 7) is 4.42. The number of imidazole rings is 1. The number of aromatic nitrogens is 4. The SMILES string of the molecule is COC(=O)N[C@H](C(=O)N1CCC[C@H]1c1nc2ccc(-c3cnc4cc(Br)ccc4n3)cc2[nH]1)C(C)C. The topological polar surface area (TPSA) is 113 Å². The molecule has 5 rings (SSSR count). The number of halogens is 1.